The Balaban J connectivity index is 1.63. The molecule has 1 aliphatic rings. The standard InChI is InChI=1S/C19H21N3O4S2/c1-12-13(2)27-19-17(12)18(20-14(3)21-19)26-15-4-6-16(7-5-15)28(23,24)22-8-10-25-11-9-22/h4-7H,8-11H2,1-3H3. The summed E-state index contributed by atoms with van der Waals surface area (Å²) in [5, 5.41) is 0.901. The van der Waals surface area contributed by atoms with Crippen molar-refractivity contribution < 1.29 is 17.9 Å². The van der Waals surface area contributed by atoms with Crippen LogP contribution in [0.2, 0.25) is 0 Å². The van der Waals surface area contributed by atoms with Gasteiger partial charge in [0.05, 0.1) is 23.5 Å². The predicted octanol–water partition coefficient (Wildman–Crippen LogP) is 3.43. The monoisotopic (exact) mass is 419 g/mol. The molecule has 2 aromatic heterocycles. The van der Waals surface area contributed by atoms with E-state index in [1.54, 1.807) is 35.6 Å². The molecule has 0 unspecified atom stereocenters. The maximum Gasteiger partial charge on any atom is 0.243 e. The molecule has 0 radical (unpaired) electrons. The zero-order chi connectivity index (χ0) is 19.9. The van der Waals surface area contributed by atoms with Crippen molar-refractivity contribution in [3.63, 3.8) is 0 Å². The van der Waals surface area contributed by atoms with Gasteiger partial charge in [0.1, 0.15) is 16.4 Å². The highest BCUT2D eigenvalue weighted by Crippen LogP contribution is 2.36. The second-order valence-corrected chi connectivity index (χ2v) is 9.77. The van der Waals surface area contributed by atoms with E-state index in [9.17, 15) is 8.42 Å². The van der Waals surface area contributed by atoms with E-state index in [2.05, 4.69) is 9.97 Å². The fraction of sp³-hybridized carbons (Fsp3) is 0.368. The third-order valence-corrected chi connectivity index (χ3v) is 7.77. The van der Waals surface area contributed by atoms with Crippen molar-refractivity contribution in [2.75, 3.05) is 26.3 Å². The number of thiophene rings is 1. The van der Waals surface area contributed by atoms with Gasteiger partial charge in [-0.05, 0) is 50.6 Å². The van der Waals surface area contributed by atoms with E-state index in [0.29, 0.717) is 43.8 Å². The number of rotatable bonds is 4. The van der Waals surface area contributed by atoms with Crippen molar-refractivity contribution >= 4 is 31.6 Å². The van der Waals surface area contributed by atoms with Crippen LogP contribution in [0.4, 0.5) is 0 Å². The lowest BCUT2D eigenvalue weighted by Gasteiger charge is -2.26. The minimum Gasteiger partial charge on any atom is -0.438 e. The second kappa shape index (κ2) is 7.40. The third kappa shape index (κ3) is 3.50. The SMILES string of the molecule is Cc1nc(Oc2ccc(S(=O)(=O)N3CCOCC3)cc2)c2c(C)c(C)sc2n1. The number of morpholine rings is 1. The summed E-state index contributed by atoms with van der Waals surface area (Å²) in [5.74, 6) is 1.66. The first-order chi connectivity index (χ1) is 13.4. The van der Waals surface area contributed by atoms with Gasteiger partial charge < -0.3 is 9.47 Å². The normalized spacial score (nSPS) is 15.8. The number of hydrogen-bond donors (Lipinski definition) is 0. The summed E-state index contributed by atoms with van der Waals surface area (Å²) in [6.07, 6.45) is 0. The summed E-state index contributed by atoms with van der Waals surface area (Å²) in [5.41, 5.74) is 1.10. The van der Waals surface area contributed by atoms with E-state index in [1.165, 1.54) is 9.18 Å². The minimum absolute atomic E-state index is 0.244. The Hall–Kier alpha value is -2.07. The first-order valence-electron chi connectivity index (χ1n) is 8.96. The summed E-state index contributed by atoms with van der Waals surface area (Å²) < 4.78 is 38.2. The van der Waals surface area contributed by atoms with Crippen molar-refractivity contribution in [3.05, 3.63) is 40.5 Å². The highest BCUT2D eigenvalue weighted by atomic mass is 32.2. The Labute approximate surface area is 168 Å². The molecule has 1 aliphatic heterocycles. The Morgan fingerprint density at radius 3 is 2.43 bits per heavy atom. The van der Waals surface area contributed by atoms with Crippen molar-refractivity contribution in [2.24, 2.45) is 0 Å². The molecule has 0 atom stereocenters. The van der Waals surface area contributed by atoms with Crippen molar-refractivity contribution in [1.29, 1.82) is 0 Å². The maximum atomic E-state index is 12.7. The van der Waals surface area contributed by atoms with Gasteiger partial charge in [-0.25, -0.2) is 13.4 Å². The van der Waals surface area contributed by atoms with Crippen molar-refractivity contribution in [3.8, 4) is 11.6 Å². The maximum absolute atomic E-state index is 12.7. The molecule has 9 heteroatoms. The van der Waals surface area contributed by atoms with Gasteiger partial charge in [-0.2, -0.15) is 9.29 Å². The van der Waals surface area contributed by atoms with E-state index < -0.39 is 10.0 Å². The Morgan fingerprint density at radius 2 is 1.75 bits per heavy atom. The lowest BCUT2D eigenvalue weighted by molar-refractivity contribution is 0.0730. The van der Waals surface area contributed by atoms with Gasteiger partial charge in [0.15, 0.2) is 0 Å². The predicted molar refractivity (Wildman–Crippen MR) is 108 cm³/mol. The first-order valence-corrected chi connectivity index (χ1v) is 11.2. The molecule has 28 heavy (non-hydrogen) atoms. The van der Waals surface area contributed by atoms with Gasteiger partial charge in [-0.1, -0.05) is 0 Å². The Morgan fingerprint density at radius 1 is 1.07 bits per heavy atom. The fourth-order valence-corrected chi connectivity index (χ4v) is 5.59. The molecule has 1 fully saturated rings. The van der Waals surface area contributed by atoms with Gasteiger partial charge in [-0.15, -0.1) is 11.3 Å². The van der Waals surface area contributed by atoms with Gasteiger partial charge in [0.25, 0.3) is 0 Å². The van der Waals surface area contributed by atoms with E-state index in [0.717, 1.165) is 15.8 Å². The summed E-state index contributed by atoms with van der Waals surface area (Å²) >= 11 is 1.61. The van der Waals surface area contributed by atoms with Crippen LogP contribution in [0.5, 0.6) is 11.6 Å². The lowest BCUT2D eigenvalue weighted by atomic mass is 10.2. The molecule has 0 aliphatic carbocycles. The van der Waals surface area contributed by atoms with Crippen LogP contribution in [-0.4, -0.2) is 49.0 Å². The smallest absolute Gasteiger partial charge is 0.243 e. The zero-order valence-corrected chi connectivity index (χ0v) is 17.6. The number of ether oxygens (including phenoxy) is 2. The fourth-order valence-electron chi connectivity index (χ4n) is 3.12. The number of aromatic nitrogens is 2. The minimum atomic E-state index is -3.52. The molecule has 0 saturated carbocycles. The van der Waals surface area contributed by atoms with Gasteiger partial charge in [0, 0.05) is 18.0 Å². The molecule has 1 saturated heterocycles. The summed E-state index contributed by atoms with van der Waals surface area (Å²) in [7, 11) is -3.52. The highest BCUT2D eigenvalue weighted by Gasteiger charge is 2.26. The summed E-state index contributed by atoms with van der Waals surface area (Å²) in [4.78, 5) is 11.2. The molecule has 0 amide bonds. The highest BCUT2D eigenvalue weighted by molar-refractivity contribution is 7.89. The first kappa shape index (κ1) is 19.3. The number of sulfonamides is 1. The van der Waals surface area contributed by atoms with E-state index in [1.807, 2.05) is 20.8 Å². The molecule has 148 valence electrons. The van der Waals surface area contributed by atoms with E-state index >= 15 is 0 Å². The van der Waals surface area contributed by atoms with Gasteiger partial charge >= 0.3 is 0 Å². The number of nitrogens with zero attached hydrogens (tertiary/aromatic N) is 3. The Kier molecular flexibility index (Phi) is 5.09. The molecule has 3 aromatic rings. The molecular formula is C19H21N3O4S2. The quantitative estimate of drug-likeness (QED) is 0.644. The molecule has 1 aromatic carbocycles. The average molecular weight is 420 g/mol. The van der Waals surface area contributed by atoms with Crippen molar-refractivity contribution in [2.45, 2.75) is 25.7 Å². The number of fused-ring (bicyclic) bond motifs is 1. The van der Waals surface area contributed by atoms with Gasteiger partial charge in [0.2, 0.25) is 15.9 Å². The number of aryl methyl sites for hydroxylation is 3. The third-order valence-electron chi connectivity index (χ3n) is 4.75. The Bertz CT molecular complexity index is 1120. The van der Waals surface area contributed by atoms with Crippen molar-refractivity contribution in [1.82, 2.24) is 14.3 Å². The lowest BCUT2D eigenvalue weighted by Crippen LogP contribution is -2.40. The van der Waals surface area contributed by atoms with Crippen LogP contribution in [0.3, 0.4) is 0 Å². The average Bonchev–Trinajstić information content (AvgIpc) is 2.96. The topological polar surface area (TPSA) is 81.6 Å². The molecule has 0 bridgehead atoms. The van der Waals surface area contributed by atoms with Crippen LogP contribution in [0.1, 0.15) is 16.3 Å². The van der Waals surface area contributed by atoms with Crippen LogP contribution < -0.4 is 4.74 Å². The largest absolute Gasteiger partial charge is 0.438 e. The number of benzene rings is 1. The molecule has 0 spiro atoms. The van der Waals surface area contributed by atoms with Crippen LogP contribution in [0.25, 0.3) is 10.2 Å². The summed E-state index contributed by atoms with van der Waals surface area (Å²) in [6, 6.07) is 6.45. The van der Waals surface area contributed by atoms with Crippen LogP contribution >= 0.6 is 11.3 Å². The van der Waals surface area contributed by atoms with E-state index in [-0.39, 0.29) is 4.90 Å². The number of hydrogen-bond acceptors (Lipinski definition) is 7. The summed E-state index contributed by atoms with van der Waals surface area (Å²) in [6.45, 7) is 7.48. The molecule has 3 heterocycles. The van der Waals surface area contributed by atoms with Crippen LogP contribution in [-0.2, 0) is 14.8 Å². The van der Waals surface area contributed by atoms with Gasteiger partial charge in [-0.3, -0.25) is 0 Å². The molecule has 4 rings (SSSR count). The van der Waals surface area contributed by atoms with E-state index in [4.69, 9.17) is 9.47 Å². The molecule has 0 N–H and O–H groups in total. The zero-order valence-electron chi connectivity index (χ0n) is 15.9. The molecular weight excluding hydrogens is 398 g/mol. The molecule has 7 nitrogen and oxygen atoms in total. The second-order valence-electron chi connectivity index (χ2n) is 6.63. The van der Waals surface area contributed by atoms with Crippen LogP contribution in [0, 0.1) is 20.8 Å². The van der Waals surface area contributed by atoms with Crippen LogP contribution in [0.15, 0.2) is 29.2 Å².